The first kappa shape index (κ1) is 20.9. The van der Waals surface area contributed by atoms with Crippen LogP contribution in [0.25, 0.3) is 0 Å². The number of nitrogens with zero attached hydrogens (tertiary/aromatic N) is 2. The van der Waals surface area contributed by atoms with Gasteiger partial charge in [-0.1, -0.05) is 24.3 Å². The van der Waals surface area contributed by atoms with Gasteiger partial charge in [-0.2, -0.15) is 0 Å². The number of imide groups is 1. The maximum atomic E-state index is 13.2. The fourth-order valence-corrected chi connectivity index (χ4v) is 4.23. The second-order valence-electron chi connectivity index (χ2n) is 8.23. The van der Waals surface area contributed by atoms with Crippen molar-refractivity contribution in [1.82, 2.24) is 15.1 Å². The molecule has 4 amide bonds. The fraction of sp³-hybridized carbons (Fsp3) is 0.375. The highest BCUT2D eigenvalue weighted by atomic mass is 16.5. The normalized spacial score (nSPS) is 21.2. The van der Waals surface area contributed by atoms with Crippen molar-refractivity contribution < 1.29 is 19.1 Å². The second-order valence-corrected chi connectivity index (χ2v) is 8.23. The molecule has 2 aromatic rings. The van der Waals surface area contributed by atoms with Crippen molar-refractivity contribution in [2.45, 2.75) is 38.3 Å². The zero-order valence-electron chi connectivity index (χ0n) is 17.9. The van der Waals surface area contributed by atoms with Crippen LogP contribution < -0.4 is 10.1 Å². The first-order chi connectivity index (χ1) is 14.9. The lowest BCUT2D eigenvalue weighted by molar-refractivity contribution is -0.131. The van der Waals surface area contributed by atoms with Crippen LogP contribution in [0.5, 0.6) is 5.75 Å². The molecular weight excluding hydrogens is 394 g/mol. The second kappa shape index (κ2) is 8.41. The number of ether oxygens (including phenoxy) is 1. The van der Waals surface area contributed by atoms with Crippen LogP contribution in [0.4, 0.5) is 4.79 Å². The molecule has 2 saturated heterocycles. The third kappa shape index (κ3) is 4.00. The number of hydrogen-bond donors (Lipinski definition) is 1. The summed E-state index contributed by atoms with van der Waals surface area (Å²) in [5.74, 6) is 0.355. The zero-order valence-corrected chi connectivity index (χ0v) is 17.9. The van der Waals surface area contributed by atoms with E-state index in [4.69, 9.17) is 4.74 Å². The molecule has 7 nitrogen and oxygen atoms in total. The van der Waals surface area contributed by atoms with Crippen molar-refractivity contribution in [3.8, 4) is 5.75 Å². The highest BCUT2D eigenvalue weighted by Gasteiger charge is 2.48. The van der Waals surface area contributed by atoms with Gasteiger partial charge in [-0.25, -0.2) is 4.79 Å². The molecule has 31 heavy (non-hydrogen) atoms. The molecule has 2 heterocycles. The summed E-state index contributed by atoms with van der Waals surface area (Å²) in [6.45, 7) is 3.36. The molecule has 0 aliphatic carbocycles. The number of methoxy groups -OCH3 is 1. The molecule has 0 bridgehead atoms. The molecule has 1 unspecified atom stereocenters. The van der Waals surface area contributed by atoms with Crippen molar-refractivity contribution in [2.24, 2.45) is 0 Å². The van der Waals surface area contributed by atoms with Crippen LogP contribution in [-0.2, 0) is 16.9 Å². The molecule has 162 valence electrons. The first-order valence-electron chi connectivity index (χ1n) is 10.6. The standard InChI is InChI=1S/C24H27N3O4/c1-24(19-9-11-20(31-2)12-10-19)22(29)27(23(30)25-24)16-17-7-6-8-18(15-17)21(28)26-13-4-3-5-14-26/h6-12,15H,3-5,13-14,16H2,1-2H3,(H,25,30). The Morgan fingerprint density at radius 1 is 1.06 bits per heavy atom. The minimum atomic E-state index is -1.15. The minimum Gasteiger partial charge on any atom is -0.497 e. The summed E-state index contributed by atoms with van der Waals surface area (Å²) in [6, 6.07) is 13.8. The van der Waals surface area contributed by atoms with Crippen molar-refractivity contribution in [3.63, 3.8) is 0 Å². The Kier molecular flexibility index (Phi) is 5.67. The van der Waals surface area contributed by atoms with Crippen molar-refractivity contribution in [2.75, 3.05) is 20.2 Å². The Balaban J connectivity index is 1.52. The van der Waals surface area contributed by atoms with E-state index in [1.54, 1.807) is 56.5 Å². The fourth-order valence-electron chi connectivity index (χ4n) is 4.23. The molecule has 2 fully saturated rings. The number of carbonyl (C=O) groups is 3. The lowest BCUT2D eigenvalue weighted by Crippen LogP contribution is -2.40. The number of benzene rings is 2. The molecule has 2 aromatic carbocycles. The Morgan fingerprint density at radius 3 is 2.45 bits per heavy atom. The van der Waals surface area contributed by atoms with Crippen molar-refractivity contribution >= 4 is 17.8 Å². The van der Waals surface area contributed by atoms with E-state index >= 15 is 0 Å². The van der Waals surface area contributed by atoms with E-state index in [1.165, 1.54) is 4.90 Å². The molecule has 0 radical (unpaired) electrons. The Morgan fingerprint density at radius 2 is 1.77 bits per heavy atom. The summed E-state index contributed by atoms with van der Waals surface area (Å²) in [6.07, 6.45) is 3.21. The van der Waals surface area contributed by atoms with E-state index in [9.17, 15) is 14.4 Å². The number of carbonyl (C=O) groups excluding carboxylic acids is 3. The Labute approximate surface area is 182 Å². The molecule has 0 spiro atoms. The van der Waals surface area contributed by atoms with E-state index in [0.717, 1.165) is 37.9 Å². The molecule has 2 aliphatic heterocycles. The molecule has 2 aliphatic rings. The number of hydrogen-bond acceptors (Lipinski definition) is 4. The van der Waals surface area contributed by atoms with Crippen molar-refractivity contribution in [1.29, 1.82) is 0 Å². The molecule has 0 saturated carbocycles. The quantitative estimate of drug-likeness (QED) is 0.752. The van der Waals surface area contributed by atoms with Gasteiger partial charge >= 0.3 is 6.03 Å². The van der Waals surface area contributed by atoms with E-state index in [1.807, 2.05) is 11.0 Å². The lowest BCUT2D eigenvalue weighted by Gasteiger charge is -2.27. The summed E-state index contributed by atoms with van der Waals surface area (Å²) in [4.78, 5) is 41.7. The zero-order chi connectivity index (χ0) is 22.0. The van der Waals surface area contributed by atoms with Crippen LogP contribution >= 0.6 is 0 Å². The predicted octanol–water partition coefficient (Wildman–Crippen LogP) is 3.29. The number of nitrogens with one attached hydrogen (secondary N) is 1. The third-order valence-electron chi connectivity index (χ3n) is 6.10. The van der Waals surface area contributed by atoms with Crippen LogP contribution in [0.3, 0.4) is 0 Å². The summed E-state index contributed by atoms with van der Waals surface area (Å²) in [7, 11) is 1.57. The molecular formula is C24H27N3O4. The maximum Gasteiger partial charge on any atom is 0.325 e. The third-order valence-corrected chi connectivity index (χ3v) is 6.10. The van der Waals surface area contributed by atoms with Gasteiger partial charge in [0.15, 0.2) is 0 Å². The first-order valence-corrected chi connectivity index (χ1v) is 10.6. The van der Waals surface area contributed by atoms with Gasteiger partial charge in [0, 0.05) is 18.7 Å². The van der Waals surface area contributed by atoms with Gasteiger partial charge in [-0.15, -0.1) is 0 Å². The SMILES string of the molecule is COc1ccc(C2(C)NC(=O)N(Cc3cccc(C(=O)N4CCCCC4)c3)C2=O)cc1. The van der Waals surface area contributed by atoms with Crippen LogP contribution in [-0.4, -0.2) is 47.8 Å². The highest BCUT2D eigenvalue weighted by molar-refractivity contribution is 6.07. The molecule has 1 atom stereocenters. The number of amides is 4. The summed E-state index contributed by atoms with van der Waals surface area (Å²) >= 11 is 0. The number of rotatable bonds is 5. The van der Waals surface area contributed by atoms with E-state index in [2.05, 4.69) is 5.32 Å². The Bertz CT molecular complexity index is 998. The average molecular weight is 421 g/mol. The number of likely N-dealkylation sites (tertiary alicyclic amines) is 1. The van der Waals surface area contributed by atoms with Gasteiger partial charge in [0.2, 0.25) is 0 Å². The maximum absolute atomic E-state index is 13.2. The topological polar surface area (TPSA) is 79.0 Å². The average Bonchev–Trinajstić information content (AvgIpc) is 3.03. The van der Waals surface area contributed by atoms with E-state index < -0.39 is 11.6 Å². The van der Waals surface area contributed by atoms with Gasteiger partial charge in [-0.3, -0.25) is 14.5 Å². The molecule has 1 N–H and O–H groups in total. The van der Waals surface area contributed by atoms with Crippen LogP contribution in [0.1, 0.15) is 47.7 Å². The van der Waals surface area contributed by atoms with E-state index in [-0.39, 0.29) is 18.4 Å². The molecule has 4 rings (SSSR count). The largest absolute Gasteiger partial charge is 0.497 e. The van der Waals surface area contributed by atoms with Gasteiger partial charge in [0.1, 0.15) is 11.3 Å². The highest BCUT2D eigenvalue weighted by Crippen LogP contribution is 2.31. The van der Waals surface area contributed by atoms with E-state index in [0.29, 0.717) is 16.9 Å². The lowest BCUT2D eigenvalue weighted by atomic mass is 9.92. The number of piperidine rings is 1. The van der Waals surface area contributed by atoms with Gasteiger partial charge in [0.25, 0.3) is 11.8 Å². The monoisotopic (exact) mass is 421 g/mol. The molecule has 0 aromatic heterocycles. The van der Waals surface area contributed by atoms with Gasteiger partial charge < -0.3 is 15.0 Å². The van der Waals surface area contributed by atoms with Crippen LogP contribution in [0, 0.1) is 0 Å². The molecule has 7 heteroatoms. The summed E-state index contributed by atoms with van der Waals surface area (Å²) < 4.78 is 5.17. The number of urea groups is 1. The summed E-state index contributed by atoms with van der Waals surface area (Å²) in [5.41, 5.74) is 0.864. The minimum absolute atomic E-state index is 0.00169. The van der Waals surface area contributed by atoms with Gasteiger partial charge in [-0.05, 0) is 61.6 Å². The van der Waals surface area contributed by atoms with Crippen LogP contribution in [0.15, 0.2) is 48.5 Å². The summed E-state index contributed by atoms with van der Waals surface area (Å²) in [5, 5.41) is 2.81. The Hall–Kier alpha value is -3.35. The smallest absolute Gasteiger partial charge is 0.325 e. The van der Waals surface area contributed by atoms with Gasteiger partial charge in [0.05, 0.1) is 13.7 Å². The predicted molar refractivity (Wildman–Crippen MR) is 116 cm³/mol. The van der Waals surface area contributed by atoms with Crippen LogP contribution in [0.2, 0.25) is 0 Å². The van der Waals surface area contributed by atoms with Crippen molar-refractivity contribution in [3.05, 3.63) is 65.2 Å².